The molecule has 0 aliphatic carbocycles. The minimum Gasteiger partial charge on any atom is -0.359 e. The van der Waals surface area contributed by atoms with Gasteiger partial charge in [-0.1, -0.05) is 30.3 Å². The van der Waals surface area contributed by atoms with Gasteiger partial charge in [-0.2, -0.15) is 0 Å². The highest BCUT2D eigenvalue weighted by Gasteiger charge is 2.27. The van der Waals surface area contributed by atoms with Crippen molar-refractivity contribution >= 4 is 16.9 Å². The van der Waals surface area contributed by atoms with Crippen LogP contribution < -0.4 is 4.90 Å². The van der Waals surface area contributed by atoms with Crippen molar-refractivity contribution in [2.75, 3.05) is 20.1 Å². The van der Waals surface area contributed by atoms with E-state index in [4.69, 9.17) is 0 Å². The number of rotatable bonds is 4. The van der Waals surface area contributed by atoms with Crippen LogP contribution in [0.5, 0.6) is 0 Å². The number of carbonyl (C=O) groups excluding carboxylic acids is 1. The molecule has 1 aromatic heterocycles. The van der Waals surface area contributed by atoms with Crippen LogP contribution in [0.2, 0.25) is 0 Å². The fraction of sp³-hybridized carbons (Fsp3) is 0.350. The van der Waals surface area contributed by atoms with E-state index < -0.39 is 0 Å². The number of hydrogen-bond donors (Lipinski definition) is 0. The molecule has 1 atom stereocenters. The molecular formula is C20H22N4O3. The van der Waals surface area contributed by atoms with E-state index in [1.54, 1.807) is 18.2 Å². The van der Waals surface area contributed by atoms with Crippen molar-refractivity contribution in [1.29, 1.82) is 0 Å². The zero-order valence-electron chi connectivity index (χ0n) is 15.2. The summed E-state index contributed by atoms with van der Waals surface area (Å²) in [6, 6.07) is 15.5. The van der Waals surface area contributed by atoms with E-state index in [1.165, 1.54) is 5.56 Å². The molecule has 2 aromatic carbocycles. The predicted molar refractivity (Wildman–Crippen MR) is 99.8 cm³/mol. The molecule has 140 valence electrons. The van der Waals surface area contributed by atoms with Gasteiger partial charge in [-0.05, 0) is 42.5 Å². The number of likely N-dealkylation sites (tertiary alicyclic amines) is 1. The summed E-state index contributed by atoms with van der Waals surface area (Å²) in [6.07, 6.45) is 2.05. The van der Waals surface area contributed by atoms with Crippen LogP contribution in [0.1, 0.15) is 28.8 Å². The van der Waals surface area contributed by atoms with Crippen LogP contribution in [0.4, 0.5) is 0 Å². The van der Waals surface area contributed by atoms with E-state index >= 15 is 0 Å². The van der Waals surface area contributed by atoms with E-state index in [0.29, 0.717) is 34.1 Å². The van der Waals surface area contributed by atoms with Crippen molar-refractivity contribution in [1.82, 2.24) is 15.0 Å². The van der Waals surface area contributed by atoms with E-state index in [-0.39, 0.29) is 5.91 Å². The fourth-order valence-electron chi connectivity index (χ4n) is 3.69. The number of fused-ring (bicyclic) bond motifs is 1. The molecule has 1 aliphatic heterocycles. The monoisotopic (exact) mass is 366 g/mol. The third-order valence-electron chi connectivity index (χ3n) is 5.21. The molecule has 1 saturated heterocycles. The third kappa shape index (κ3) is 3.64. The van der Waals surface area contributed by atoms with Gasteiger partial charge in [0.2, 0.25) is 11.0 Å². The van der Waals surface area contributed by atoms with E-state index in [1.807, 2.05) is 23.1 Å². The molecule has 1 fully saturated rings. The predicted octanol–water partition coefficient (Wildman–Crippen LogP) is 2.20. The highest BCUT2D eigenvalue weighted by Crippen LogP contribution is 2.20. The molecule has 7 nitrogen and oxygen atoms in total. The van der Waals surface area contributed by atoms with Crippen LogP contribution in [-0.4, -0.2) is 47.0 Å². The second-order valence-electron chi connectivity index (χ2n) is 7.08. The maximum atomic E-state index is 12.9. The fourth-order valence-corrected chi connectivity index (χ4v) is 3.69. The van der Waals surface area contributed by atoms with Crippen molar-refractivity contribution in [2.24, 2.45) is 0 Å². The van der Waals surface area contributed by atoms with E-state index in [2.05, 4.69) is 33.9 Å². The lowest BCUT2D eigenvalue weighted by Crippen LogP contribution is -2.48. The lowest BCUT2D eigenvalue weighted by atomic mass is 10.0. The summed E-state index contributed by atoms with van der Waals surface area (Å²) < 4.78 is 4.58. The summed E-state index contributed by atoms with van der Waals surface area (Å²) in [6.45, 7) is 2.30. The minimum absolute atomic E-state index is 0.0323. The molecule has 0 spiro atoms. The van der Waals surface area contributed by atoms with Gasteiger partial charge in [0, 0.05) is 42.5 Å². The molecule has 4 rings (SSSR count). The molecule has 7 heteroatoms. The van der Waals surface area contributed by atoms with Crippen LogP contribution >= 0.6 is 0 Å². The molecule has 1 unspecified atom stereocenters. The average molecular weight is 366 g/mol. The lowest BCUT2D eigenvalue weighted by molar-refractivity contribution is -0.782. The Morgan fingerprint density at radius 1 is 1.33 bits per heavy atom. The Kier molecular flexibility index (Phi) is 4.77. The Balaban J connectivity index is 1.45. The number of piperidine rings is 1. The maximum absolute atomic E-state index is 12.9. The summed E-state index contributed by atoms with van der Waals surface area (Å²) in [5.41, 5.74) is 2.52. The van der Waals surface area contributed by atoms with Crippen molar-refractivity contribution in [3.8, 4) is 0 Å². The lowest BCUT2D eigenvalue weighted by Gasteiger charge is -2.37. The second-order valence-corrected chi connectivity index (χ2v) is 7.08. The Bertz CT molecular complexity index is 941. The molecule has 0 saturated carbocycles. The number of aromatic nitrogens is 2. The van der Waals surface area contributed by atoms with Crippen LogP contribution in [0.15, 0.2) is 53.2 Å². The first-order valence-electron chi connectivity index (χ1n) is 9.15. The second kappa shape index (κ2) is 7.36. The molecule has 3 aromatic rings. The van der Waals surface area contributed by atoms with Gasteiger partial charge in [0.25, 0.3) is 5.91 Å². The number of benzene rings is 2. The topological polar surface area (TPSA) is 76.5 Å². The zero-order chi connectivity index (χ0) is 18.8. The van der Waals surface area contributed by atoms with Gasteiger partial charge in [-0.25, -0.2) is 0 Å². The van der Waals surface area contributed by atoms with Gasteiger partial charge in [0.15, 0.2) is 0 Å². The number of amides is 1. The van der Waals surface area contributed by atoms with Crippen LogP contribution in [0, 0.1) is 5.21 Å². The summed E-state index contributed by atoms with van der Waals surface area (Å²) in [5.74, 6) is -0.0323. The Hall–Kier alpha value is -2.93. The molecule has 27 heavy (non-hydrogen) atoms. The van der Waals surface area contributed by atoms with Gasteiger partial charge in [0.05, 0.1) is 0 Å². The van der Waals surface area contributed by atoms with Gasteiger partial charge in [-0.15, -0.1) is 0 Å². The number of likely N-dealkylation sites (N-methyl/N-ethyl adjacent to an activating group) is 1. The number of hydrogen-bond acceptors (Lipinski definition) is 5. The van der Waals surface area contributed by atoms with Crippen molar-refractivity contribution < 1.29 is 14.3 Å². The summed E-state index contributed by atoms with van der Waals surface area (Å²) in [4.78, 5) is 17.5. The first kappa shape index (κ1) is 17.5. The van der Waals surface area contributed by atoms with Crippen LogP contribution in [-0.2, 0) is 6.54 Å². The van der Waals surface area contributed by atoms with Gasteiger partial charge >= 0.3 is 0 Å². The van der Waals surface area contributed by atoms with Crippen LogP contribution in [0.3, 0.4) is 0 Å². The smallest absolute Gasteiger partial charge is 0.254 e. The minimum atomic E-state index is -0.0323. The van der Waals surface area contributed by atoms with E-state index in [9.17, 15) is 10.0 Å². The van der Waals surface area contributed by atoms with E-state index in [0.717, 1.165) is 25.9 Å². The molecule has 0 radical (unpaired) electrons. The normalized spacial score (nSPS) is 17.6. The molecule has 2 heterocycles. The van der Waals surface area contributed by atoms with Gasteiger partial charge in [-0.3, -0.25) is 14.3 Å². The van der Waals surface area contributed by atoms with Gasteiger partial charge in [0.1, 0.15) is 0 Å². The quantitative estimate of drug-likeness (QED) is 0.662. The highest BCUT2D eigenvalue weighted by molar-refractivity contribution is 5.97. The first-order chi connectivity index (χ1) is 13.1. The van der Waals surface area contributed by atoms with Crippen molar-refractivity contribution in [3.63, 3.8) is 0 Å². The molecule has 1 aliphatic rings. The highest BCUT2D eigenvalue weighted by atomic mass is 16.8. The standard InChI is InChI=1S/C20H22N4O3/c1-22(13-15-6-3-2-4-7-15)17-8-5-11-23(14-17)20(25)16-9-10-19-18(12-16)21-27-24(19)26/h2-4,6-7,9-10,12,17H,5,8,11,13-14H2,1H3. The third-order valence-corrected chi connectivity index (χ3v) is 5.21. The maximum Gasteiger partial charge on any atom is 0.254 e. The molecule has 0 bridgehead atoms. The number of carbonyl (C=O) groups is 1. The van der Waals surface area contributed by atoms with Crippen LogP contribution in [0.25, 0.3) is 11.0 Å². The van der Waals surface area contributed by atoms with Gasteiger partial charge < -0.3 is 10.1 Å². The number of nitrogens with zero attached hydrogens (tertiary/aromatic N) is 4. The van der Waals surface area contributed by atoms with Crippen molar-refractivity contribution in [2.45, 2.75) is 25.4 Å². The first-order valence-corrected chi connectivity index (χ1v) is 9.15. The zero-order valence-corrected chi connectivity index (χ0v) is 15.2. The average Bonchev–Trinajstić information content (AvgIpc) is 3.08. The summed E-state index contributed by atoms with van der Waals surface area (Å²) in [7, 11) is 2.11. The Morgan fingerprint density at radius 2 is 2.15 bits per heavy atom. The Labute approximate surface area is 157 Å². The Morgan fingerprint density at radius 3 is 2.96 bits per heavy atom. The molecular weight excluding hydrogens is 344 g/mol. The van der Waals surface area contributed by atoms with Crippen molar-refractivity contribution in [3.05, 3.63) is 64.9 Å². The summed E-state index contributed by atoms with van der Waals surface area (Å²) in [5, 5.41) is 15.1. The molecule has 1 amide bonds. The largest absolute Gasteiger partial charge is 0.359 e. The SMILES string of the molecule is CN(Cc1ccccc1)C1CCCN(C(=O)c2ccc3c(c2)no[n+]3[O-])C1. The molecule has 0 N–H and O–H groups in total. The summed E-state index contributed by atoms with van der Waals surface area (Å²) >= 11 is 0.